The van der Waals surface area contributed by atoms with Crippen LogP contribution in [0.5, 0.6) is 0 Å². The van der Waals surface area contributed by atoms with Crippen LogP contribution < -0.4 is 0 Å². The highest BCUT2D eigenvalue weighted by molar-refractivity contribution is 9.10. The molecule has 2 heterocycles. The minimum atomic E-state index is -0.752. The van der Waals surface area contributed by atoms with Crippen LogP contribution in [0.25, 0.3) is 0 Å². The lowest BCUT2D eigenvalue weighted by molar-refractivity contribution is -0.137. The van der Waals surface area contributed by atoms with Crippen molar-refractivity contribution < 1.29 is 24.5 Å². The molecule has 1 aromatic rings. The minimum absolute atomic E-state index is 0.00221. The van der Waals surface area contributed by atoms with Gasteiger partial charge in [0.25, 0.3) is 0 Å². The van der Waals surface area contributed by atoms with E-state index in [1.165, 1.54) is 4.88 Å². The van der Waals surface area contributed by atoms with E-state index in [4.69, 9.17) is 14.6 Å². The van der Waals surface area contributed by atoms with Crippen LogP contribution in [-0.2, 0) is 20.9 Å². The van der Waals surface area contributed by atoms with Crippen molar-refractivity contribution in [1.29, 1.82) is 0 Å². The van der Waals surface area contributed by atoms with Crippen molar-refractivity contribution in [3.8, 4) is 0 Å². The molecule has 0 amide bonds. The van der Waals surface area contributed by atoms with E-state index in [0.717, 1.165) is 30.4 Å². The second-order valence-corrected chi connectivity index (χ2v) is 9.59. The standard InChI is InChI=1S/C21H30BrNO5S/c22-15-11-16(29-14-15)13-28-19-12-18(24)21(23-7-9-27-10-8-23)17(19)5-3-1-2-4-6-20(25)26/h1,3,11,14,17-19,21,24H,2,4-10,12-13H2,(H,25,26)/t17-,18+,19-,21+/m0/s1. The number of carbonyl (C=O) groups is 1. The number of halogens is 1. The number of aliphatic hydroxyl groups is 1. The zero-order valence-corrected chi connectivity index (χ0v) is 18.9. The molecule has 4 atom stereocenters. The van der Waals surface area contributed by atoms with Crippen molar-refractivity contribution in [3.63, 3.8) is 0 Å². The van der Waals surface area contributed by atoms with Crippen LogP contribution in [0.15, 0.2) is 28.1 Å². The zero-order chi connectivity index (χ0) is 20.6. The average molecular weight is 488 g/mol. The summed E-state index contributed by atoms with van der Waals surface area (Å²) in [6.07, 6.45) is 6.88. The predicted molar refractivity (Wildman–Crippen MR) is 116 cm³/mol. The Hall–Kier alpha value is -0.770. The molecule has 0 radical (unpaired) electrons. The fraction of sp³-hybridized carbons (Fsp3) is 0.667. The smallest absolute Gasteiger partial charge is 0.303 e. The lowest BCUT2D eigenvalue weighted by atomic mass is 9.94. The quantitative estimate of drug-likeness (QED) is 0.387. The SMILES string of the molecule is O=C(O)CCCC=CC[C@@H]1[C@@H](N2CCOCC2)[C@H](O)C[C@@H]1OCc1cc(Br)cs1. The monoisotopic (exact) mass is 487 g/mol. The molecule has 1 aliphatic carbocycles. The van der Waals surface area contributed by atoms with Gasteiger partial charge in [-0.15, -0.1) is 11.3 Å². The number of carboxylic acids is 1. The zero-order valence-electron chi connectivity index (χ0n) is 16.5. The summed E-state index contributed by atoms with van der Waals surface area (Å²) in [5.74, 6) is -0.541. The average Bonchev–Trinajstić information content (AvgIpc) is 3.25. The molecule has 2 fully saturated rings. The Balaban J connectivity index is 1.61. The van der Waals surface area contributed by atoms with Gasteiger partial charge in [0.05, 0.1) is 32.0 Å². The van der Waals surface area contributed by atoms with E-state index in [9.17, 15) is 9.90 Å². The second kappa shape index (κ2) is 11.6. The maximum absolute atomic E-state index is 10.8. The molecule has 2 N–H and O–H groups in total. The first-order valence-corrected chi connectivity index (χ1v) is 11.9. The Morgan fingerprint density at radius 3 is 2.86 bits per heavy atom. The van der Waals surface area contributed by atoms with Crippen molar-refractivity contribution in [2.45, 2.75) is 57.0 Å². The Labute approximate surface area is 184 Å². The van der Waals surface area contributed by atoms with Gasteiger partial charge in [0.2, 0.25) is 0 Å². The molecular weight excluding hydrogens is 458 g/mol. The third-order valence-electron chi connectivity index (χ3n) is 5.65. The van der Waals surface area contributed by atoms with E-state index < -0.39 is 12.1 Å². The minimum Gasteiger partial charge on any atom is -0.481 e. The number of ether oxygens (including phenoxy) is 2. The molecule has 162 valence electrons. The topological polar surface area (TPSA) is 79.2 Å². The molecule has 6 nitrogen and oxygen atoms in total. The van der Waals surface area contributed by atoms with Crippen molar-refractivity contribution in [2.75, 3.05) is 26.3 Å². The van der Waals surface area contributed by atoms with Crippen LogP contribution >= 0.6 is 27.3 Å². The van der Waals surface area contributed by atoms with Gasteiger partial charge in [-0.05, 0) is 41.3 Å². The third kappa shape index (κ3) is 6.87. The van der Waals surface area contributed by atoms with E-state index in [-0.39, 0.29) is 24.5 Å². The van der Waals surface area contributed by atoms with Gasteiger partial charge in [-0.2, -0.15) is 0 Å². The predicted octanol–water partition coefficient (Wildman–Crippen LogP) is 3.68. The summed E-state index contributed by atoms with van der Waals surface area (Å²) in [5, 5.41) is 21.6. The maximum Gasteiger partial charge on any atom is 0.303 e. The summed E-state index contributed by atoms with van der Waals surface area (Å²) in [5.41, 5.74) is 0. The largest absolute Gasteiger partial charge is 0.481 e. The van der Waals surface area contributed by atoms with Gasteiger partial charge in [-0.1, -0.05) is 12.2 Å². The van der Waals surface area contributed by atoms with Crippen LogP contribution in [0.4, 0.5) is 0 Å². The number of aliphatic carboxylic acids is 1. The normalized spacial score (nSPS) is 28.3. The number of rotatable bonds is 10. The fourth-order valence-electron chi connectivity index (χ4n) is 4.29. The molecular formula is C21H30BrNO5S. The Bertz CT molecular complexity index is 676. The summed E-state index contributed by atoms with van der Waals surface area (Å²) in [6.45, 7) is 3.64. The highest BCUT2D eigenvalue weighted by atomic mass is 79.9. The van der Waals surface area contributed by atoms with E-state index in [1.807, 2.05) is 0 Å². The van der Waals surface area contributed by atoms with Crippen LogP contribution in [0.2, 0.25) is 0 Å². The number of unbranched alkanes of at least 4 members (excludes halogenated alkanes) is 1. The molecule has 1 aliphatic heterocycles. The van der Waals surface area contributed by atoms with Crippen molar-refractivity contribution in [3.05, 3.63) is 32.9 Å². The van der Waals surface area contributed by atoms with E-state index in [2.05, 4.69) is 44.4 Å². The Kier molecular flexibility index (Phi) is 9.14. The molecule has 0 unspecified atom stereocenters. The number of allylic oxidation sites excluding steroid dienone is 2. The molecule has 3 rings (SSSR count). The van der Waals surface area contributed by atoms with Crippen LogP contribution in [-0.4, -0.2) is 65.6 Å². The molecule has 0 bridgehead atoms. The molecule has 29 heavy (non-hydrogen) atoms. The lowest BCUT2D eigenvalue weighted by Gasteiger charge is -2.37. The third-order valence-corrected chi connectivity index (χ3v) is 7.32. The second-order valence-electron chi connectivity index (χ2n) is 7.68. The van der Waals surface area contributed by atoms with Crippen molar-refractivity contribution in [1.82, 2.24) is 4.90 Å². The lowest BCUT2D eigenvalue weighted by Crippen LogP contribution is -2.50. The van der Waals surface area contributed by atoms with Crippen LogP contribution in [0, 0.1) is 5.92 Å². The van der Waals surface area contributed by atoms with Gasteiger partial charge >= 0.3 is 5.97 Å². The number of carboxylic acid groups (broad SMARTS) is 1. The first kappa shape index (κ1) is 22.9. The molecule has 1 saturated heterocycles. The Morgan fingerprint density at radius 2 is 2.17 bits per heavy atom. The molecule has 2 aliphatic rings. The van der Waals surface area contributed by atoms with Crippen molar-refractivity contribution in [2.24, 2.45) is 5.92 Å². The molecule has 1 saturated carbocycles. The summed E-state index contributed by atoms with van der Waals surface area (Å²) >= 11 is 5.15. The van der Waals surface area contributed by atoms with E-state index >= 15 is 0 Å². The summed E-state index contributed by atoms with van der Waals surface area (Å²) in [7, 11) is 0. The van der Waals surface area contributed by atoms with Crippen LogP contribution in [0.3, 0.4) is 0 Å². The van der Waals surface area contributed by atoms with Gasteiger partial charge in [-0.3, -0.25) is 9.69 Å². The molecule has 0 spiro atoms. The summed E-state index contributed by atoms with van der Waals surface area (Å²) in [4.78, 5) is 14.2. The van der Waals surface area contributed by atoms with Crippen molar-refractivity contribution >= 4 is 33.2 Å². The fourth-order valence-corrected chi connectivity index (χ4v) is 5.66. The maximum atomic E-state index is 10.8. The highest BCUT2D eigenvalue weighted by Gasteiger charge is 2.45. The van der Waals surface area contributed by atoms with Gasteiger partial charge in [0, 0.05) is 52.6 Å². The number of morpholine rings is 1. The molecule has 0 aromatic carbocycles. The first-order chi connectivity index (χ1) is 14.0. The van der Waals surface area contributed by atoms with Gasteiger partial charge in [-0.25, -0.2) is 0 Å². The number of hydrogen-bond donors (Lipinski definition) is 2. The number of hydrogen-bond acceptors (Lipinski definition) is 6. The van der Waals surface area contributed by atoms with Gasteiger partial charge < -0.3 is 19.7 Å². The van der Waals surface area contributed by atoms with E-state index in [0.29, 0.717) is 32.7 Å². The van der Waals surface area contributed by atoms with Gasteiger partial charge in [0.15, 0.2) is 0 Å². The van der Waals surface area contributed by atoms with Crippen LogP contribution in [0.1, 0.15) is 37.0 Å². The van der Waals surface area contributed by atoms with E-state index in [1.54, 1.807) is 11.3 Å². The number of aliphatic hydroxyl groups excluding tert-OH is 1. The number of nitrogens with zero attached hydrogens (tertiary/aromatic N) is 1. The Morgan fingerprint density at radius 1 is 1.38 bits per heavy atom. The van der Waals surface area contributed by atoms with Gasteiger partial charge in [0.1, 0.15) is 0 Å². The molecule has 1 aromatic heterocycles. The first-order valence-electron chi connectivity index (χ1n) is 10.3. The molecule has 8 heteroatoms. The number of thiophene rings is 1. The summed E-state index contributed by atoms with van der Waals surface area (Å²) < 4.78 is 12.8. The highest BCUT2D eigenvalue weighted by Crippen LogP contribution is 2.37. The summed E-state index contributed by atoms with van der Waals surface area (Å²) in [6, 6.07) is 2.15.